The van der Waals surface area contributed by atoms with Gasteiger partial charge in [-0.05, 0) is 51.4 Å². The third kappa shape index (κ3) is 24.5. The monoisotopic (exact) mass is 1060 g/mol. The van der Waals surface area contributed by atoms with Crippen molar-refractivity contribution in [3.63, 3.8) is 0 Å². The Kier molecular flexibility index (Phi) is 29.4. The van der Waals surface area contributed by atoms with Crippen LogP contribution in [0.4, 0.5) is 0 Å². The first-order chi connectivity index (χ1) is 35.0. The number of imidazole rings is 1. The maximum Gasteiger partial charge on any atom is 0.240 e. The van der Waals surface area contributed by atoms with E-state index in [0.717, 1.165) is 0 Å². The number of amides is 7. The van der Waals surface area contributed by atoms with Crippen LogP contribution in [0.1, 0.15) is 119 Å². The Morgan fingerprint density at radius 1 is 0.613 bits per heavy atom. The van der Waals surface area contributed by atoms with Gasteiger partial charge in [0, 0.05) is 74.7 Å². The van der Waals surface area contributed by atoms with Crippen LogP contribution in [0.5, 0.6) is 0 Å². The molecule has 422 valence electrons. The van der Waals surface area contributed by atoms with E-state index in [2.05, 4.69) is 41.5 Å². The van der Waals surface area contributed by atoms with E-state index in [-0.39, 0.29) is 50.5 Å². The first kappa shape index (κ1) is 66.3. The van der Waals surface area contributed by atoms with Crippen molar-refractivity contribution >= 4 is 70.4 Å². The molecule has 26 nitrogen and oxygen atoms in total. The molecule has 1 aromatic rings. The van der Waals surface area contributed by atoms with Gasteiger partial charge in [0.05, 0.1) is 55.6 Å². The van der Waals surface area contributed by atoms with Crippen molar-refractivity contribution in [3.8, 4) is 0 Å². The number of H-pyrrole nitrogens is 1. The lowest BCUT2D eigenvalue weighted by Gasteiger charge is -2.27. The average Bonchev–Trinajstić information content (AvgIpc) is 3.85. The number of aromatic amines is 1. The lowest BCUT2D eigenvalue weighted by atomic mass is 9.87. The molecule has 11 atom stereocenters. The van der Waals surface area contributed by atoms with Gasteiger partial charge in [-0.1, -0.05) is 41.5 Å². The van der Waals surface area contributed by atoms with E-state index in [4.69, 9.17) is 22.9 Å². The highest BCUT2D eigenvalue weighted by Gasteiger charge is 2.37. The summed E-state index contributed by atoms with van der Waals surface area (Å²) < 4.78 is 0. The van der Waals surface area contributed by atoms with Gasteiger partial charge in [-0.15, -0.1) is 0 Å². The summed E-state index contributed by atoms with van der Waals surface area (Å²) in [5.41, 5.74) is 21.9. The highest BCUT2D eigenvalue weighted by atomic mass is 16.3. The molecular formula is C49H82N12O14. The van der Waals surface area contributed by atoms with Gasteiger partial charge < -0.3 is 69.8 Å². The van der Waals surface area contributed by atoms with E-state index in [1.54, 1.807) is 27.7 Å². The maximum atomic E-state index is 14.0. The topological polar surface area (TPSA) is 454 Å². The van der Waals surface area contributed by atoms with Crippen LogP contribution in [0, 0.1) is 41.4 Å². The number of Topliss-reactive ketones (excluding diaryl/α,β-unsaturated/α-hetero) is 4. The molecule has 0 fully saturated rings. The van der Waals surface area contributed by atoms with E-state index in [1.807, 2.05) is 0 Å². The average molecular weight is 1060 g/mol. The Morgan fingerprint density at radius 3 is 1.68 bits per heavy atom. The second kappa shape index (κ2) is 33.3. The van der Waals surface area contributed by atoms with Gasteiger partial charge in [0.25, 0.3) is 0 Å². The lowest BCUT2D eigenvalue weighted by molar-refractivity contribution is -0.138. The van der Waals surface area contributed by atoms with Crippen LogP contribution in [0.15, 0.2) is 17.5 Å². The Labute approximate surface area is 437 Å². The normalized spacial score (nSPS) is 15.7. The van der Waals surface area contributed by atoms with Gasteiger partial charge in [0.1, 0.15) is 12.1 Å². The maximum absolute atomic E-state index is 14.0. The minimum Gasteiger partial charge on any atom is -0.396 e. The molecule has 0 saturated carbocycles. The summed E-state index contributed by atoms with van der Waals surface area (Å²) in [7, 11) is 0. The zero-order valence-corrected chi connectivity index (χ0v) is 44.4. The molecule has 1 aromatic heterocycles. The standard InChI is InChI=1S/C49H82N12O14/c1-24(2)14-35(40(67)19-33(29(8)64)48(75)61-37(22-63)41(68)18-32(25(3)4)47(74)58-34(43(51)70)10-9-13-55-49(52)53)59-44(71)26(5)15-39(66)36(17-31-20-54-23-56-31)60-46(73)30(11-12-42(50)69)16-38(65)28(7)57-45(72)27(6)21-62/h20,23-30,32-37,62-64H,9-19,21-22H2,1-8H3,(H2,50,69)(H2,51,70)(H,54,56)(H,57,72)(H,58,74)(H,59,71)(H,60,73)(H,61,75)(H4,52,53,55)/t26-,27+,28+,29-,30-,32+,33+,34+,35+,36+,37+/m1/s1. The molecular weight excluding hydrogens is 981 g/mol. The van der Waals surface area contributed by atoms with Gasteiger partial charge in [-0.25, -0.2) is 4.98 Å². The zero-order valence-electron chi connectivity index (χ0n) is 44.4. The van der Waals surface area contributed by atoms with Gasteiger partial charge in [-0.2, -0.15) is 0 Å². The Bertz CT molecular complexity index is 2130. The second-order valence-electron chi connectivity index (χ2n) is 20.0. The number of aliphatic imine (C=N–C) groups is 1. The summed E-state index contributed by atoms with van der Waals surface area (Å²) >= 11 is 0. The number of aromatic nitrogens is 2. The number of carbonyl (C=O) groups is 11. The fourth-order valence-electron chi connectivity index (χ4n) is 7.73. The van der Waals surface area contributed by atoms with Gasteiger partial charge in [0.2, 0.25) is 41.4 Å². The number of nitrogens with zero attached hydrogens (tertiary/aromatic N) is 2. The zero-order chi connectivity index (χ0) is 57.3. The molecule has 0 aliphatic heterocycles. The van der Waals surface area contributed by atoms with Crippen LogP contribution in [-0.2, 0) is 59.2 Å². The quantitative estimate of drug-likeness (QED) is 0.0181. The van der Waals surface area contributed by atoms with Crippen LogP contribution in [0.25, 0.3) is 0 Å². The summed E-state index contributed by atoms with van der Waals surface area (Å²) in [5, 5.41) is 43.0. The molecule has 7 amide bonds. The molecule has 0 aliphatic rings. The lowest BCUT2D eigenvalue weighted by Crippen LogP contribution is -2.51. The predicted octanol–water partition coefficient (Wildman–Crippen LogP) is -2.77. The number of aliphatic hydroxyl groups excluding tert-OH is 3. The molecule has 0 unspecified atom stereocenters. The van der Waals surface area contributed by atoms with Crippen molar-refractivity contribution in [1.82, 2.24) is 36.6 Å². The summed E-state index contributed by atoms with van der Waals surface area (Å²) in [6.07, 6.45) is -0.925. The third-order valence-electron chi connectivity index (χ3n) is 12.6. The first-order valence-electron chi connectivity index (χ1n) is 25.2. The molecule has 0 aromatic carbocycles. The molecule has 0 radical (unpaired) electrons. The summed E-state index contributed by atoms with van der Waals surface area (Å²) in [4.78, 5) is 156. The van der Waals surface area contributed by atoms with Crippen molar-refractivity contribution in [2.24, 2.45) is 69.4 Å². The number of hydrogen-bond acceptors (Lipinski definition) is 16. The van der Waals surface area contributed by atoms with Gasteiger partial charge in [0.15, 0.2) is 29.1 Å². The van der Waals surface area contributed by atoms with Crippen LogP contribution in [-0.4, -0.2) is 152 Å². The summed E-state index contributed by atoms with van der Waals surface area (Å²) in [5.74, 6) is -14.5. The third-order valence-corrected chi connectivity index (χ3v) is 12.6. The highest BCUT2D eigenvalue weighted by molar-refractivity contribution is 5.98. The SMILES string of the molecule is CC(C)C[C@H](NC(=O)[C@H](C)CC(=O)[C@H](Cc1cnc[nH]1)NC(=O)[C@H](CCC(N)=O)CC(=O)[C@H](C)NC(=O)[C@@H](C)CO)C(=O)C[C@H](C(=O)N[C@@H](CO)C(=O)C[C@H](C(=O)N[C@@H](CCCN=C(N)N)C(N)=O)C(C)C)[C@@H](C)O. The largest absolute Gasteiger partial charge is 0.396 e. The number of rotatable bonds is 38. The minimum atomic E-state index is -1.57. The van der Waals surface area contributed by atoms with Gasteiger partial charge in [-0.3, -0.25) is 57.7 Å². The number of carbonyl (C=O) groups excluding carboxylic acids is 11. The fraction of sp³-hybridized carbons (Fsp3) is 0.694. The highest BCUT2D eigenvalue weighted by Crippen LogP contribution is 2.21. The Hall–Kier alpha value is -6.67. The molecule has 0 aliphatic carbocycles. The predicted molar refractivity (Wildman–Crippen MR) is 273 cm³/mol. The van der Waals surface area contributed by atoms with Crippen molar-refractivity contribution in [2.45, 2.75) is 156 Å². The number of ketones is 4. The van der Waals surface area contributed by atoms with E-state index in [1.165, 1.54) is 40.2 Å². The van der Waals surface area contributed by atoms with Crippen LogP contribution in [0.2, 0.25) is 0 Å². The van der Waals surface area contributed by atoms with Crippen molar-refractivity contribution in [2.75, 3.05) is 19.8 Å². The molecule has 0 saturated heterocycles. The number of nitrogens with two attached hydrogens (primary N) is 4. The number of nitrogens with one attached hydrogen (secondary N) is 6. The first-order valence-corrected chi connectivity index (χ1v) is 25.2. The summed E-state index contributed by atoms with van der Waals surface area (Å²) in [6, 6.07) is -6.29. The van der Waals surface area contributed by atoms with E-state index in [0.29, 0.717) is 12.1 Å². The van der Waals surface area contributed by atoms with Crippen molar-refractivity contribution < 1.29 is 68.1 Å². The van der Waals surface area contributed by atoms with Crippen LogP contribution < -0.4 is 49.5 Å². The smallest absolute Gasteiger partial charge is 0.240 e. The minimum absolute atomic E-state index is 0.0648. The second-order valence-corrected chi connectivity index (χ2v) is 20.0. The molecule has 1 heterocycles. The molecule has 0 spiro atoms. The van der Waals surface area contributed by atoms with Gasteiger partial charge >= 0.3 is 0 Å². The van der Waals surface area contributed by atoms with E-state index < -0.39 is 175 Å². The number of aliphatic hydroxyl groups is 3. The number of guanidine groups is 1. The molecule has 17 N–H and O–H groups in total. The summed E-state index contributed by atoms with van der Waals surface area (Å²) in [6.45, 7) is 11.1. The Balaban J connectivity index is 3.24. The number of primary amides is 2. The van der Waals surface area contributed by atoms with Crippen LogP contribution >= 0.6 is 0 Å². The number of hydrogen-bond donors (Lipinski definition) is 13. The van der Waals surface area contributed by atoms with Crippen molar-refractivity contribution in [1.29, 1.82) is 0 Å². The van der Waals surface area contributed by atoms with E-state index >= 15 is 0 Å². The molecule has 1 rings (SSSR count). The Morgan fingerprint density at radius 2 is 1.16 bits per heavy atom. The van der Waals surface area contributed by atoms with Crippen LogP contribution in [0.3, 0.4) is 0 Å². The van der Waals surface area contributed by atoms with Crippen molar-refractivity contribution in [3.05, 3.63) is 18.2 Å². The molecule has 26 heteroatoms. The molecule has 75 heavy (non-hydrogen) atoms. The molecule has 0 bridgehead atoms. The fourth-order valence-corrected chi connectivity index (χ4v) is 7.73. The van der Waals surface area contributed by atoms with E-state index in [9.17, 15) is 68.1 Å².